The monoisotopic (exact) mass is 229 g/mol. The van der Waals surface area contributed by atoms with Gasteiger partial charge in [0.25, 0.3) is 0 Å². The third-order valence-electron chi connectivity index (χ3n) is 2.60. The lowest BCUT2D eigenvalue weighted by Gasteiger charge is -2.12. The van der Waals surface area contributed by atoms with Crippen LogP contribution in [0.2, 0.25) is 5.15 Å². The highest BCUT2D eigenvalue weighted by Crippen LogP contribution is 2.34. The summed E-state index contributed by atoms with van der Waals surface area (Å²) < 4.78 is 12.0. The van der Waals surface area contributed by atoms with Crippen molar-refractivity contribution in [2.45, 2.75) is 18.1 Å². The van der Waals surface area contributed by atoms with E-state index >= 15 is 0 Å². The molecule has 2 rings (SSSR count). The molecule has 0 aliphatic carbocycles. The molecule has 76 valence electrons. The Balaban J connectivity index is 2.36. The quantitative estimate of drug-likeness (QED) is 0.546. The second-order valence-electron chi connectivity index (χ2n) is 3.62. The first-order chi connectivity index (χ1) is 6.59. The number of aromatic nitrogens is 1. The molecular weight excluding hydrogens is 218 g/mol. The summed E-state index contributed by atoms with van der Waals surface area (Å²) in [6.07, 6.45) is 3.66. The molecule has 0 saturated carbocycles. The Morgan fingerprint density at radius 3 is 2.86 bits per heavy atom. The molecule has 1 saturated heterocycles. The topological polar surface area (TPSA) is 30.0 Å². The summed E-state index contributed by atoms with van der Waals surface area (Å²) in [5.41, 5.74) is 1.01. The van der Waals surface area contributed by atoms with Crippen LogP contribution in [0.5, 0.6) is 0 Å². The van der Waals surface area contributed by atoms with Crippen molar-refractivity contribution in [3.63, 3.8) is 0 Å². The Morgan fingerprint density at radius 2 is 2.36 bits per heavy atom. The normalized spacial score (nSPS) is 31.9. The highest BCUT2D eigenvalue weighted by atomic mass is 35.5. The second kappa shape index (κ2) is 3.55. The molecule has 4 heteroatoms. The molecule has 14 heavy (non-hydrogen) atoms. The van der Waals surface area contributed by atoms with Crippen molar-refractivity contribution in [3.8, 4) is 0 Å². The molecule has 0 bridgehead atoms. The van der Waals surface area contributed by atoms with E-state index in [-0.39, 0.29) is 5.25 Å². The molecule has 1 fully saturated rings. The minimum atomic E-state index is -1.94. The Labute approximate surface area is 89.3 Å². The standard InChI is InChI=1S/C10H12ClNOS/c1-14(13)6-2-3-9(14)8-4-5-10(11)12-7-8/h4-5,7,9H,1-3,6H2. The van der Waals surface area contributed by atoms with E-state index in [1.165, 1.54) is 0 Å². The minimum absolute atomic E-state index is 0.0762. The lowest BCUT2D eigenvalue weighted by atomic mass is 10.1. The van der Waals surface area contributed by atoms with Crippen LogP contribution in [-0.2, 0) is 9.52 Å². The van der Waals surface area contributed by atoms with Crippen molar-refractivity contribution in [2.75, 3.05) is 5.75 Å². The summed E-state index contributed by atoms with van der Waals surface area (Å²) in [4.78, 5) is 4.00. The first kappa shape index (κ1) is 9.99. The summed E-state index contributed by atoms with van der Waals surface area (Å²) in [5.74, 6) is 4.55. The van der Waals surface area contributed by atoms with Crippen molar-refractivity contribution in [3.05, 3.63) is 29.0 Å². The molecule has 2 atom stereocenters. The van der Waals surface area contributed by atoms with Crippen molar-refractivity contribution in [1.82, 2.24) is 4.98 Å². The highest BCUT2D eigenvalue weighted by Gasteiger charge is 2.27. The number of hydrogen-bond acceptors (Lipinski definition) is 2. The molecule has 1 aromatic rings. The summed E-state index contributed by atoms with van der Waals surface area (Å²) in [6.45, 7) is 0. The lowest BCUT2D eigenvalue weighted by Crippen LogP contribution is -2.07. The van der Waals surface area contributed by atoms with E-state index < -0.39 is 9.52 Å². The van der Waals surface area contributed by atoms with Crippen LogP contribution in [0.15, 0.2) is 18.3 Å². The van der Waals surface area contributed by atoms with Gasteiger partial charge in [-0.1, -0.05) is 17.7 Å². The van der Waals surface area contributed by atoms with E-state index in [2.05, 4.69) is 10.9 Å². The molecule has 1 aliphatic rings. The summed E-state index contributed by atoms with van der Waals surface area (Å²) in [7, 11) is -1.94. The third-order valence-corrected chi connectivity index (χ3v) is 5.34. The first-order valence-corrected chi connectivity index (χ1v) is 6.88. The fourth-order valence-electron chi connectivity index (χ4n) is 1.86. The van der Waals surface area contributed by atoms with Gasteiger partial charge in [-0.05, 0) is 39.9 Å². The molecule has 0 amide bonds. The Morgan fingerprint density at radius 1 is 1.57 bits per heavy atom. The summed E-state index contributed by atoms with van der Waals surface area (Å²) in [6, 6.07) is 3.64. The molecule has 2 unspecified atom stereocenters. The van der Waals surface area contributed by atoms with E-state index in [1.54, 1.807) is 12.3 Å². The van der Waals surface area contributed by atoms with Crippen LogP contribution in [0.3, 0.4) is 0 Å². The zero-order valence-corrected chi connectivity index (χ0v) is 9.35. The number of nitrogens with zero attached hydrogens (tertiary/aromatic N) is 1. The number of rotatable bonds is 1. The van der Waals surface area contributed by atoms with Gasteiger partial charge in [0.05, 0.1) is 5.25 Å². The molecule has 0 radical (unpaired) electrons. The van der Waals surface area contributed by atoms with Gasteiger partial charge >= 0.3 is 0 Å². The molecule has 0 spiro atoms. The van der Waals surface area contributed by atoms with Gasteiger partial charge in [0.1, 0.15) is 5.15 Å². The van der Waals surface area contributed by atoms with Crippen LogP contribution in [0.25, 0.3) is 0 Å². The summed E-state index contributed by atoms with van der Waals surface area (Å²) >= 11 is 5.69. The van der Waals surface area contributed by atoms with Gasteiger partial charge in [0.2, 0.25) is 0 Å². The summed E-state index contributed by atoms with van der Waals surface area (Å²) in [5, 5.41) is 0.551. The second-order valence-corrected chi connectivity index (χ2v) is 6.72. The average Bonchev–Trinajstić information content (AvgIpc) is 2.47. The smallest absolute Gasteiger partial charge is 0.129 e. The first-order valence-electron chi connectivity index (χ1n) is 4.55. The molecule has 2 heterocycles. The Kier molecular flexibility index (Phi) is 2.54. The molecule has 1 aliphatic heterocycles. The lowest BCUT2D eigenvalue weighted by molar-refractivity contribution is 0.677. The van der Waals surface area contributed by atoms with Gasteiger partial charge in [0, 0.05) is 11.9 Å². The zero-order chi connectivity index (χ0) is 10.2. The SMILES string of the molecule is C=S1(=O)CCCC1c1ccc(Cl)nc1. The fraction of sp³-hybridized carbons (Fsp3) is 0.400. The third kappa shape index (κ3) is 1.79. The van der Waals surface area contributed by atoms with Crippen LogP contribution < -0.4 is 0 Å². The Bertz CT molecular complexity index is 424. The number of pyridine rings is 1. The maximum Gasteiger partial charge on any atom is 0.129 e. The van der Waals surface area contributed by atoms with E-state index in [4.69, 9.17) is 11.6 Å². The predicted octanol–water partition coefficient (Wildman–Crippen LogP) is 2.29. The van der Waals surface area contributed by atoms with E-state index in [9.17, 15) is 4.21 Å². The number of hydrogen-bond donors (Lipinski definition) is 0. The molecule has 2 nitrogen and oxygen atoms in total. The van der Waals surface area contributed by atoms with Gasteiger partial charge in [-0.15, -0.1) is 0 Å². The van der Waals surface area contributed by atoms with Gasteiger partial charge in [-0.2, -0.15) is 0 Å². The van der Waals surface area contributed by atoms with E-state index in [0.717, 1.165) is 24.2 Å². The van der Waals surface area contributed by atoms with Crippen molar-refractivity contribution >= 4 is 27.0 Å². The van der Waals surface area contributed by atoms with Gasteiger partial charge in [0.15, 0.2) is 0 Å². The largest absolute Gasteiger partial charge is 0.267 e. The van der Waals surface area contributed by atoms with E-state index in [1.807, 2.05) is 6.07 Å². The van der Waals surface area contributed by atoms with Crippen LogP contribution in [0, 0.1) is 0 Å². The fourth-order valence-corrected chi connectivity index (χ4v) is 4.15. The van der Waals surface area contributed by atoms with Crippen LogP contribution in [-0.4, -0.2) is 20.8 Å². The van der Waals surface area contributed by atoms with Crippen LogP contribution in [0.1, 0.15) is 23.7 Å². The Hall–Kier alpha value is -0.540. The van der Waals surface area contributed by atoms with Crippen LogP contribution >= 0.6 is 11.6 Å². The minimum Gasteiger partial charge on any atom is -0.267 e. The average molecular weight is 230 g/mol. The van der Waals surface area contributed by atoms with Gasteiger partial charge in [-0.25, -0.2) is 4.98 Å². The molecule has 1 aromatic heterocycles. The van der Waals surface area contributed by atoms with E-state index in [0.29, 0.717) is 5.15 Å². The molecular formula is C10H12ClNOS. The van der Waals surface area contributed by atoms with Gasteiger partial charge in [-0.3, -0.25) is 4.21 Å². The number of halogens is 1. The highest BCUT2D eigenvalue weighted by molar-refractivity contribution is 8.00. The zero-order valence-electron chi connectivity index (χ0n) is 7.78. The van der Waals surface area contributed by atoms with Crippen molar-refractivity contribution in [1.29, 1.82) is 0 Å². The van der Waals surface area contributed by atoms with Crippen molar-refractivity contribution < 1.29 is 4.21 Å². The van der Waals surface area contributed by atoms with Crippen LogP contribution in [0.4, 0.5) is 0 Å². The maximum absolute atomic E-state index is 12.0. The van der Waals surface area contributed by atoms with Gasteiger partial charge < -0.3 is 0 Å². The molecule has 0 aromatic carbocycles. The predicted molar refractivity (Wildman–Crippen MR) is 61.4 cm³/mol. The van der Waals surface area contributed by atoms with Crippen molar-refractivity contribution in [2.24, 2.45) is 0 Å². The maximum atomic E-state index is 12.0. The molecule has 0 N–H and O–H groups in total.